The quantitative estimate of drug-likeness (QED) is 0.281. The van der Waals surface area contributed by atoms with Crippen molar-refractivity contribution in [3.05, 3.63) is 47.0 Å². The van der Waals surface area contributed by atoms with Crippen LogP contribution in [0.25, 0.3) is 0 Å². The van der Waals surface area contributed by atoms with E-state index in [2.05, 4.69) is 56.2 Å². The summed E-state index contributed by atoms with van der Waals surface area (Å²) >= 11 is 0. The minimum atomic E-state index is -0.278. The summed E-state index contributed by atoms with van der Waals surface area (Å²) in [5.74, 6) is 0.803. The third-order valence-corrected chi connectivity index (χ3v) is 5.56. The van der Waals surface area contributed by atoms with Crippen LogP contribution in [0.1, 0.15) is 83.6 Å². The summed E-state index contributed by atoms with van der Waals surface area (Å²) in [7, 11) is 3.13. The topological polar surface area (TPSA) is 84.3 Å². The Balaban J connectivity index is 2.57. The van der Waals surface area contributed by atoms with Crippen LogP contribution in [0.3, 0.4) is 0 Å². The van der Waals surface area contributed by atoms with E-state index in [1.54, 1.807) is 25.0 Å². The molecule has 0 radical (unpaired) electrons. The summed E-state index contributed by atoms with van der Waals surface area (Å²) in [5.41, 5.74) is 4.11. The van der Waals surface area contributed by atoms with Crippen LogP contribution < -0.4 is 10.2 Å². The Kier molecular flexibility index (Phi) is 12.9. The fraction of sp³-hybridized carbons (Fsp3) is 0.556. The maximum Gasteiger partial charge on any atom is 0.271 e. The number of ketones is 1. The number of amides is 2. The number of hydrogen-bond acceptors (Lipinski definition) is 4. The van der Waals surface area contributed by atoms with E-state index in [1.165, 1.54) is 16.0 Å². The molecule has 0 bridgehead atoms. The van der Waals surface area contributed by atoms with Crippen molar-refractivity contribution in [2.45, 2.75) is 79.7 Å². The van der Waals surface area contributed by atoms with Crippen LogP contribution in [0.2, 0.25) is 0 Å². The average molecular weight is 471 g/mol. The highest BCUT2D eigenvalue weighted by Crippen LogP contribution is 2.18. The van der Waals surface area contributed by atoms with Gasteiger partial charge in [0, 0.05) is 33.5 Å². The molecule has 188 valence electrons. The normalized spacial score (nSPS) is 12.8. The summed E-state index contributed by atoms with van der Waals surface area (Å²) in [6, 6.07) is 0. The van der Waals surface area contributed by atoms with Gasteiger partial charge >= 0.3 is 0 Å². The number of imidazole rings is 1. The second-order valence-electron chi connectivity index (χ2n) is 9.41. The number of Topliss-reactive ketones (excluding diaryl/α,β-unsaturated/α-hetero) is 1. The Morgan fingerprint density at radius 2 is 1.65 bits per heavy atom. The molecular formula is C27H42N4O3. The fourth-order valence-electron chi connectivity index (χ4n) is 3.63. The van der Waals surface area contributed by atoms with Gasteiger partial charge in [0.25, 0.3) is 5.91 Å². The van der Waals surface area contributed by atoms with Gasteiger partial charge in [0.1, 0.15) is 5.78 Å². The van der Waals surface area contributed by atoms with Crippen molar-refractivity contribution in [2.24, 2.45) is 5.92 Å². The number of carbonyl (C=O) groups excluding carboxylic acids is 3. The molecule has 0 aliphatic rings. The highest BCUT2D eigenvalue weighted by molar-refractivity contribution is 5.99. The van der Waals surface area contributed by atoms with Crippen LogP contribution in [0.15, 0.2) is 41.3 Å². The van der Waals surface area contributed by atoms with Gasteiger partial charge < -0.3 is 14.8 Å². The zero-order chi connectivity index (χ0) is 25.7. The second kappa shape index (κ2) is 15.0. The third kappa shape index (κ3) is 10.3. The maximum atomic E-state index is 12.3. The number of nitrogens with one attached hydrogen (secondary N) is 1. The van der Waals surface area contributed by atoms with Crippen molar-refractivity contribution in [1.29, 1.82) is 0 Å². The van der Waals surface area contributed by atoms with Crippen LogP contribution in [-0.2, 0) is 16.1 Å². The Morgan fingerprint density at radius 1 is 1.06 bits per heavy atom. The average Bonchev–Trinajstić information content (AvgIpc) is 3.19. The number of nitrogens with zero attached hydrogens (tertiary/aromatic N) is 3. The number of hydrogen-bond donors (Lipinski definition) is 1. The van der Waals surface area contributed by atoms with Gasteiger partial charge in [-0.3, -0.25) is 14.4 Å². The molecule has 1 N–H and O–H groups in total. The Morgan fingerprint density at radius 3 is 2.21 bits per heavy atom. The minimum Gasteiger partial charge on any atom is -0.354 e. The Hall–Kier alpha value is -2.96. The van der Waals surface area contributed by atoms with Crippen molar-refractivity contribution in [3.63, 3.8) is 0 Å². The first-order chi connectivity index (χ1) is 16.1. The molecule has 0 spiro atoms. The lowest BCUT2D eigenvalue weighted by atomic mass is 10.0. The number of allylic oxidation sites excluding steroid dienone is 6. The summed E-state index contributed by atoms with van der Waals surface area (Å²) < 4.78 is 1.75. The molecule has 0 fully saturated rings. The largest absolute Gasteiger partial charge is 0.354 e. The second-order valence-corrected chi connectivity index (χ2v) is 9.41. The van der Waals surface area contributed by atoms with E-state index in [4.69, 9.17) is 0 Å². The number of carbonyl (C=O) groups is 3. The van der Waals surface area contributed by atoms with E-state index in [0.717, 1.165) is 31.3 Å². The molecule has 34 heavy (non-hydrogen) atoms. The van der Waals surface area contributed by atoms with E-state index in [9.17, 15) is 14.4 Å². The highest BCUT2D eigenvalue weighted by Gasteiger charge is 2.20. The molecule has 7 heteroatoms. The van der Waals surface area contributed by atoms with Gasteiger partial charge in [0.05, 0.1) is 6.33 Å². The lowest BCUT2D eigenvalue weighted by Crippen LogP contribution is -2.25. The first-order valence-corrected chi connectivity index (χ1v) is 12.0. The molecule has 1 rings (SSSR count). The van der Waals surface area contributed by atoms with Crippen molar-refractivity contribution in [3.8, 4) is 0 Å². The number of rotatable bonds is 15. The summed E-state index contributed by atoms with van der Waals surface area (Å²) in [6.45, 7) is 10.9. The van der Waals surface area contributed by atoms with E-state index in [0.29, 0.717) is 49.0 Å². The fourth-order valence-corrected chi connectivity index (χ4v) is 3.63. The van der Waals surface area contributed by atoms with Crippen molar-refractivity contribution < 1.29 is 14.4 Å². The van der Waals surface area contributed by atoms with Gasteiger partial charge in [0.2, 0.25) is 6.41 Å². The zero-order valence-electron chi connectivity index (χ0n) is 22.0. The smallest absolute Gasteiger partial charge is 0.271 e. The van der Waals surface area contributed by atoms with Crippen molar-refractivity contribution >= 4 is 23.9 Å². The van der Waals surface area contributed by atoms with Gasteiger partial charge in [-0.1, -0.05) is 48.8 Å². The predicted octanol–water partition coefficient (Wildman–Crippen LogP) is 5.24. The number of anilines is 1. The van der Waals surface area contributed by atoms with E-state index >= 15 is 0 Å². The molecule has 0 unspecified atom stereocenters. The molecule has 1 heterocycles. The van der Waals surface area contributed by atoms with Crippen molar-refractivity contribution in [1.82, 2.24) is 14.9 Å². The molecule has 0 aliphatic heterocycles. The van der Waals surface area contributed by atoms with E-state index in [-0.39, 0.29) is 5.91 Å². The van der Waals surface area contributed by atoms with Crippen LogP contribution in [-0.4, -0.2) is 41.7 Å². The highest BCUT2D eigenvalue weighted by atomic mass is 16.2. The number of aromatic nitrogens is 2. The van der Waals surface area contributed by atoms with Crippen LogP contribution >= 0.6 is 0 Å². The van der Waals surface area contributed by atoms with Crippen LogP contribution in [0.5, 0.6) is 0 Å². The van der Waals surface area contributed by atoms with Gasteiger partial charge in [-0.05, 0) is 52.4 Å². The molecule has 0 atom stereocenters. The Labute approximate surface area is 205 Å². The van der Waals surface area contributed by atoms with E-state index < -0.39 is 0 Å². The van der Waals surface area contributed by atoms with Gasteiger partial charge in [-0.2, -0.15) is 0 Å². The van der Waals surface area contributed by atoms with Gasteiger partial charge in [0.15, 0.2) is 11.5 Å². The lowest BCUT2D eigenvalue weighted by molar-refractivity contribution is -0.119. The molecule has 7 nitrogen and oxygen atoms in total. The summed E-state index contributed by atoms with van der Waals surface area (Å²) in [5, 5.41) is 2.61. The third-order valence-electron chi connectivity index (χ3n) is 5.56. The van der Waals surface area contributed by atoms with Crippen LogP contribution in [0.4, 0.5) is 5.82 Å². The maximum absolute atomic E-state index is 12.3. The Bertz CT molecular complexity index is 922. The standard InChI is InChI=1S/C27H42N4O3/c1-20(2)16-24(33)17-23(5)13-9-11-21(3)10-8-12-22(4)14-15-31-18-29-26(30(7)19-32)25(31)27(34)28-6/h10,13-14,18-20H,8-9,11-12,15-17H2,1-7H3,(H,28,34). The lowest BCUT2D eigenvalue weighted by Gasteiger charge is -2.11. The molecule has 1 aromatic rings. The molecule has 2 amide bonds. The molecule has 0 saturated carbocycles. The zero-order valence-corrected chi connectivity index (χ0v) is 22.0. The SMILES string of the molecule is CNC(=O)c1c(N(C)C=O)ncn1CC=C(C)CCC=C(C)CCC=C(C)CC(=O)CC(C)C. The first-order valence-electron chi connectivity index (χ1n) is 12.0. The molecule has 0 aromatic carbocycles. The summed E-state index contributed by atoms with van der Waals surface area (Å²) in [4.78, 5) is 40.8. The molecule has 1 aromatic heterocycles. The van der Waals surface area contributed by atoms with Crippen molar-refractivity contribution in [2.75, 3.05) is 19.0 Å². The van der Waals surface area contributed by atoms with Gasteiger partial charge in [-0.25, -0.2) is 4.98 Å². The monoisotopic (exact) mass is 470 g/mol. The minimum absolute atomic E-state index is 0.278. The first kappa shape index (κ1) is 29.1. The van der Waals surface area contributed by atoms with E-state index in [1.807, 2.05) is 6.92 Å². The molecule has 0 saturated heterocycles. The predicted molar refractivity (Wildman–Crippen MR) is 139 cm³/mol. The summed E-state index contributed by atoms with van der Waals surface area (Å²) in [6.07, 6.45) is 13.8. The van der Waals surface area contributed by atoms with Gasteiger partial charge in [-0.15, -0.1) is 0 Å². The van der Waals surface area contributed by atoms with Crippen LogP contribution in [0, 0.1) is 5.92 Å². The molecule has 0 aliphatic carbocycles. The molecular weight excluding hydrogens is 428 g/mol.